The molecule has 0 bridgehead atoms. The number of nitrogens with zero attached hydrogens (tertiary/aromatic N) is 5. The van der Waals surface area contributed by atoms with Crippen molar-refractivity contribution in [2.24, 2.45) is 0 Å². The molecule has 1 unspecified atom stereocenters. The van der Waals surface area contributed by atoms with Gasteiger partial charge in [0.1, 0.15) is 12.2 Å². The van der Waals surface area contributed by atoms with E-state index >= 15 is 0 Å². The summed E-state index contributed by atoms with van der Waals surface area (Å²) in [5.41, 5.74) is 1.42. The number of hydrogen-bond donors (Lipinski definition) is 0. The summed E-state index contributed by atoms with van der Waals surface area (Å²) in [4.78, 5) is 15.0. The Balaban J connectivity index is 2.58. The van der Waals surface area contributed by atoms with Gasteiger partial charge in [-0.2, -0.15) is 4.98 Å². The van der Waals surface area contributed by atoms with Gasteiger partial charge in [0.2, 0.25) is 5.88 Å². The van der Waals surface area contributed by atoms with Crippen LogP contribution in [-0.4, -0.2) is 52.2 Å². The quantitative estimate of drug-likeness (QED) is 0.782. The van der Waals surface area contributed by atoms with Gasteiger partial charge in [0.05, 0.1) is 13.0 Å². The van der Waals surface area contributed by atoms with Crippen LogP contribution in [0.25, 0.3) is 11.2 Å². The molecule has 0 saturated carbocycles. The second kappa shape index (κ2) is 5.71. The first-order valence-electron chi connectivity index (χ1n) is 6.05. The average Bonchev–Trinajstić information content (AvgIpc) is 2.75. The van der Waals surface area contributed by atoms with Crippen LogP contribution in [0.5, 0.6) is 5.88 Å². The van der Waals surface area contributed by atoms with E-state index in [4.69, 9.17) is 16.3 Å². The summed E-state index contributed by atoms with van der Waals surface area (Å²) in [6, 6.07) is 0.216. The maximum atomic E-state index is 5.99. The number of fused-ring (bicyclic) bond motifs is 1. The van der Waals surface area contributed by atoms with Gasteiger partial charge in [-0.1, -0.05) is 0 Å². The number of imidazole rings is 1. The van der Waals surface area contributed by atoms with Crippen molar-refractivity contribution in [1.82, 2.24) is 24.4 Å². The SMILES string of the molecule is COc1ncnc2c1nc(CCl)n2C(C)CN(C)C. The van der Waals surface area contributed by atoms with Crippen LogP contribution in [0.15, 0.2) is 6.33 Å². The molecule has 0 spiro atoms. The lowest BCUT2D eigenvalue weighted by atomic mass is 10.3. The molecule has 0 saturated heterocycles. The summed E-state index contributed by atoms with van der Waals surface area (Å²) in [6.45, 7) is 2.99. The lowest BCUT2D eigenvalue weighted by molar-refractivity contribution is 0.337. The van der Waals surface area contributed by atoms with E-state index in [0.29, 0.717) is 17.3 Å². The largest absolute Gasteiger partial charge is 0.479 e. The number of halogens is 1. The van der Waals surface area contributed by atoms with E-state index in [-0.39, 0.29) is 6.04 Å². The first kappa shape index (κ1) is 14.0. The predicted octanol–water partition coefficient (Wildman–Crippen LogP) is 1.70. The molecule has 2 aromatic rings. The Morgan fingerprint density at radius 3 is 2.74 bits per heavy atom. The van der Waals surface area contributed by atoms with Crippen molar-refractivity contribution in [3.63, 3.8) is 0 Å². The summed E-state index contributed by atoms with van der Waals surface area (Å²) >= 11 is 5.99. The molecule has 0 radical (unpaired) electrons. The third-order valence-corrected chi connectivity index (χ3v) is 3.14. The Kier molecular flexibility index (Phi) is 4.21. The van der Waals surface area contributed by atoms with Gasteiger partial charge >= 0.3 is 0 Å². The highest BCUT2D eigenvalue weighted by Crippen LogP contribution is 2.25. The number of hydrogen-bond acceptors (Lipinski definition) is 5. The van der Waals surface area contributed by atoms with Gasteiger partial charge in [-0.3, -0.25) is 0 Å². The van der Waals surface area contributed by atoms with Crippen LogP contribution in [0.3, 0.4) is 0 Å². The van der Waals surface area contributed by atoms with Crippen molar-refractivity contribution in [3.05, 3.63) is 12.2 Å². The van der Waals surface area contributed by atoms with Crippen LogP contribution < -0.4 is 4.74 Å². The monoisotopic (exact) mass is 283 g/mol. The number of rotatable bonds is 5. The molecule has 0 aliphatic carbocycles. The molecular weight excluding hydrogens is 266 g/mol. The highest BCUT2D eigenvalue weighted by molar-refractivity contribution is 6.16. The number of ether oxygens (including phenoxy) is 1. The highest BCUT2D eigenvalue weighted by Gasteiger charge is 2.19. The normalized spacial score (nSPS) is 13.2. The zero-order valence-electron chi connectivity index (χ0n) is 11.6. The van der Waals surface area contributed by atoms with Crippen LogP contribution in [0.4, 0.5) is 0 Å². The molecule has 104 valence electrons. The molecule has 0 fully saturated rings. The van der Waals surface area contributed by atoms with Gasteiger partial charge < -0.3 is 14.2 Å². The fourth-order valence-corrected chi connectivity index (χ4v) is 2.44. The lowest BCUT2D eigenvalue weighted by Gasteiger charge is -2.20. The Bertz CT molecular complexity index is 568. The number of methoxy groups -OCH3 is 1. The molecule has 6 nitrogen and oxygen atoms in total. The Morgan fingerprint density at radius 1 is 1.42 bits per heavy atom. The second-order valence-corrected chi connectivity index (χ2v) is 4.97. The summed E-state index contributed by atoms with van der Waals surface area (Å²) in [7, 11) is 5.64. The summed E-state index contributed by atoms with van der Waals surface area (Å²) < 4.78 is 7.27. The maximum absolute atomic E-state index is 5.99. The van der Waals surface area contributed by atoms with Gasteiger partial charge in [0.15, 0.2) is 11.2 Å². The maximum Gasteiger partial charge on any atom is 0.245 e. The third-order valence-electron chi connectivity index (χ3n) is 2.90. The number of aromatic nitrogens is 4. The van der Waals surface area contributed by atoms with Crippen LogP contribution in [-0.2, 0) is 5.88 Å². The van der Waals surface area contributed by atoms with Gasteiger partial charge in [-0.15, -0.1) is 11.6 Å². The van der Waals surface area contributed by atoms with E-state index in [2.05, 4.69) is 26.8 Å². The standard InChI is InChI=1S/C12H18ClN5O/c1-8(6-17(2)3)18-9(5-13)16-10-11(18)14-7-15-12(10)19-4/h7-8H,5-6H2,1-4H3. The predicted molar refractivity (Wildman–Crippen MR) is 74.7 cm³/mol. The molecule has 0 amide bonds. The van der Waals surface area contributed by atoms with Crippen molar-refractivity contribution in [2.75, 3.05) is 27.7 Å². The summed E-state index contributed by atoms with van der Waals surface area (Å²) in [5, 5.41) is 0. The minimum Gasteiger partial charge on any atom is -0.479 e. The van der Waals surface area contributed by atoms with Crippen molar-refractivity contribution in [3.8, 4) is 5.88 Å². The highest BCUT2D eigenvalue weighted by atomic mass is 35.5. The average molecular weight is 284 g/mol. The van der Waals surface area contributed by atoms with Crippen LogP contribution in [0.1, 0.15) is 18.8 Å². The lowest BCUT2D eigenvalue weighted by Crippen LogP contribution is -2.23. The first-order valence-corrected chi connectivity index (χ1v) is 6.58. The van der Waals surface area contributed by atoms with Crippen molar-refractivity contribution >= 4 is 22.8 Å². The topological polar surface area (TPSA) is 56.1 Å². The van der Waals surface area contributed by atoms with E-state index in [1.54, 1.807) is 7.11 Å². The van der Waals surface area contributed by atoms with E-state index in [1.165, 1.54) is 6.33 Å². The summed E-state index contributed by atoms with van der Waals surface area (Å²) in [6.07, 6.45) is 1.49. The zero-order chi connectivity index (χ0) is 14.0. The molecule has 0 aromatic carbocycles. The molecule has 1 atom stereocenters. The fraction of sp³-hybridized carbons (Fsp3) is 0.583. The van der Waals surface area contributed by atoms with Gasteiger partial charge in [-0.25, -0.2) is 9.97 Å². The minimum absolute atomic E-state index is 0.216. The number of likely N-dealkylation sites (N-methyl/N-ethyl adjacent to an activating group) is 1. The Morgan fingerprint density at radius 2 is 2.16 bits per heavy atom. The molecule has 19 heavy (non-hydrogen) atoms. The molecule has 2 rings (SSSR count). The van der Waals surface area contributed by atoms with Gasteiger partial charge in [0.25, 0.3) is 0 Å². The Labute approximate surface area is 117 Å². The van der Waals surface area contributed by atoms with E-state index < -0.39 is 0 Å². The van der Waals surface area contributed by atoms with Crippen molar-refractivity contribution in [1.29, 1.82) is 0 Å². The van der Waals surface area contributed by atoms with E-state index in [9.17, 15) is 0 Å². The summed E-state index contributed by atoms with van der Waals surface area (Å²) in [5.74, 6) is 1.59. The zero-order valence-corrected chi connectivity index (χ0v) is 12.3. The molecule has 7 heteroatoms. The molecule has 2 aromatic heterocycles. The fourth-order valence-electron chi connectivity index (χ4n) is 2.25. The van der Waals surface area contributed by atoms with Gasteiger partial charge in [-0.05, 0) is 21.0 Å². The van der Waals surface area contributed by atoms with Gasteiger partial charge in [0, 0.05) is 12.6 Å². The Hall–Kier alpha value is -1.40. The molecule has 0 aliphatic rings. The number of alkyl halides is 1. The third kappa shape index (κ3) is 2.64. The van der Waals surface area contributed by atoms with Crippen molar-refractivity contribution < 1.29 is 4.74 Å². The first-order chi connectivity index (χ1) is 9.08. The smallest absolute Gasteiger partial charge is 0.245 e. The molecule has 0 aliphatic heterocycles. The van der Waals surface area contributed by atoms with E-state index in [0.717, 1.165) is 18.0 Å². The molecular formula is C12H18ClN5O. The minimum atomic E-state index is 0.216. The van der Waals surface area contributed by atoms with Crippen molar-refractivity contribution in [2.45, 2.75) is 18.8 Å². The van der Waals surface area contributed by atoms with Crippen LogP contribution in [0.2, 0.25) is 0 Å². The van der Waals surface area contributed by atoms with Crippen LogP contribution >= 0.6 is 11.6 Å². The second-order valence-electron chi connectivity index (χ2n) is 4.70. The van der Waals surface area contributed by atoms with Crippen LogP contribution in [0, 0.1) is 0 Å². The molecule has 0 N–H and O–H groups in total. The van der Waals surface area contributed by atoms with E-state index in [1.807, 2.05) is 18.7 Å². The molecule has 2 heterocycles.